The van der Waals surface area contributed by atoms with Crippen LogP contribution in [0, 0.1) is 11.3 Å². The van der Waals surface area contributed by atoms with Gasteiger partial charge < -0.3 is 5.32 Å². The molecule has 0 atom stereocenters. The lowest BCUT2D eigenvalue weighted by molar-refractivity contribution is 0.770. The molecule has 3 heterocycles. The molecule has 0 saturated heterocycles. The van der Waals surface area contributed by atoms with Gasteiger partial charge in [0.25, 0.3) is 0 Å². The second-order valence-electron chi connectivity index (χ2n) is 4.54. The summed E-state index contributed by atoms with van der Waals surface area (Å²) in [7, 11) is 1.88. The lowest BCUT2D eigenvalue weighted by atomic mass is 10.1. The maximum Gasteiger partial charge on any atom is 0.139 e. The Morgan fingerprint density at radius 2 is 2.19 bits per heavy atom. The summed E-state index contributed by atoms with van der Waals surface area (Å²) < 4.78 is 1.77. The highest BCUT2D eigenvalue weighted by atomic mass is 15.3. The summed E-state index contributed by atoms with van der Waals surface area (Å²) in [5, 5.41) is 23.2. The molecule has 3 aromatic heterocycles. The van der Waals surface area contributed by atoms with E-state index in [1.165, 1.54) is 6.20 Å². The van der Waals surface area contributed by atoms with Crippen LogP contribution in [0.3, 0.4) is 0 Å². The van der Waals surface area contributed by atoms with Crippen molar-refractivity contribution in [2.75, 3.05) is 5.32 Å². The summed E-state index contributed by atoms with van der Waals surface area (Å²) in [6.45, 7) is 0.544. The van der Waals surface area contributed by atoms with Gasteiger partial charge in [0, 0.05) is 43.3 Å². The molecule has 0 aliphatic rings. The van der Waals surface area contributed by atoms with Crippen LogP contribution in [0.1, 0.15) is 11.1 Å². The topological polar surface area (TPSA) is 95.2 Å². The molecule has 0 bridgehead atoms. The van der Waals surface area contributed by atoms with Gasteiger partial charge in [-0.1, -0.05) is 0 Å². The average molecular weight is 279 g/mol. The number of H-pyrrole nitrogens is 1. The number of hydrogen-bond acceptors (Lipinski definition) is 5. The maximum atomic E-state index is 8.97. The van der Waals surface area contributed by atoms with E-state index in [1.807, 2.05) is 25.4 Å². The SMILES string of the molecule is Cn1cc(CNc2[nH]ncc2C#N)c(-c2ccncc2)n1. The number of nitriles is 1. The number of rotatable bonds is 4. The molecule has 0 amide bonds. The van der Waals surface area contributed by atoms with Crippen molar-refractivity contribution in [1.29, 1.82) is 5.26 Å². The monoisotopic (exact) mass is 279 g/mol. The zero-order valence-electron chi connectivity index (χ0n) is 11.4. The first-order valence-corrected chi connectivity index (χ1v) is 6.38. The van der Waals surface area contributed by atoms with Gasteiger partial charge in [0.15, 0.2) is 0 Å². The summed E-state index contributed by atoms with van der Waals surface area (Å²) in [5.41, 5.74) is 3.42. The molecule has 7 heteroatoms. The molecular formula is C14H13N7. The van der Waals surface area contributed by atoms with E-state index in [0.29, 0.717) is 17.9 Å². The number of nitrogens with zero attached hydrogens (tertiary/aromatic N) is 5. The number of hydrogen-bond donors (Lipinski definition) is 2. The Morgan fingerprint density at radius 3 is 2.95 bits per heavy atom. The van der Waals surface area contributed by atoms with E-state index in [2.05, 4.69) is 31.7 Å². The number of anilines is 1. The van der Waals surface area contributed by atoms with Crippen LogP contribution in [-0.2, 0) is 13.6 Å². The molecule has 2 N–H and O–H groups in total. The van der Waals surface area contributed by atoms with Crippen LogP contribution in [0.2, 0.25) is 0 Å². The van der Waals surface area contributed by atoms with Crippen molar-refractivity contribution in [2.45, 2.75) is 6.54 Å². The fourth-order valence-electron chi connectivity index (χ4n) is 2.11. The van der Waals surface area contributed by atoms with Gasteiger partial charge in [-0.3, -0.25) is 14.8 Å². The summed E-state index contributed by atoms with van der Waals surface area (Å²) >= 11 is 0. The minimum atomic E-state index is 0.490. The standard InChI is InChI=1S/C14H13N7/c1-21-9-12(7-17-14-11(6-15)8-18-19-14)13(20-21)10-2-4-16-5-3-10/h2-5,8-9H,7H2,1H3,(H2,17,18,19). The molecule has 0 saturated carbocycles. The van der Waals surface area contributed by atoms with Gasteiger partial charge in [-0.25, -0.2) is 0 Å². The van der Waals surface area contributed by atoms with Gasteiger partial charge in [-0.15, -0.1) is 0 Å². The highest BCUT2D eigenvalue weighted by molar-refractivity contribution is 5.63. The molecule has 3 aromatic rings. The Balaban J connectivity index is 1.85. The fraction of sp³-hybridized carbons (Fsp3) is 0.143. The third kappa shape index (κ3) is 2.60. The van der Waals surface area contributed by atoms with Crippen LogP contribution in [0.5, 0.6) is 0 Å². The molecule has 0 aliphatic carbocycles. The van der Waals surface area contributed by atoms with Crippen molar-refractivity contribution in [2.24, 2.45) is 7.05 Å². The Kier molecular flexibility index (Phi) is 3.35. The second-order valence-corrected chi connectivity index (χ2v) is 4.54. The molecule has 0 aliphatic heterocycles. The van der Waals surface area contributed by atoms with Crippen molar-refractivity contribution in [1.82, 2.24) is 25.0 Å². The molecule has 0 spiro atoms. The summed E-state index contributed by atoms with van der Waals surface area (Å²) in [5.74, 6) is 0.613. The van der Waals surface area contributed by atoms with E-state index in [4.69, 9.17) is 5.26 Å². The smallest absolute Gasteiger partial charge is 0.139 e. The van der Waals surface area contributed by atoms with Gasteiger partial charge in [-0.2, -0.15) is 15.5 Å². The molecule has 7 nitrogen and oxygen atoms in total. The van der Waals surface area contributed by atoms with Crippen LogP contribution in [0.25, 0.3) is 11.3 Å². The zero-order valence-corrected chi connectivity index (χ0v) is 11.4. The molecule has 3 rings (SSSR count). The largest absolute Gasteiger partial charge is 0.365 e. The lowest BCUT2D eigenvalue weighted by Crippen LogP contribution is -2.01. The predicted octanol–water partition coefficient (Wildman–Crippen LogP) is 1.69. The Labute approximate surface area is 121 Å². The number of aromatic amines is 1. The highest BCUT2D eigenvalue weighted by Crippen LogP contribution is 2.22. The van der Waals surface area contributed by atoms with E-state index < -0.39 is 0 Å². The van der Waals surface area contributed by atoms with Crippen LogP contribution in [0.15, 0.2) is 36.9 Å². The van der Waals surface area contributed by atoms with Crippen molar-refractivity contribution >= 4 is 5.82 Å². The number of pyridine rings is 1. The van der Waals surface area contributed by atoms with Crippen molar-refractivity contribution in [3.05, 3.63) is 48.0 Å². The lowest BCUT2D eigenvalue weighted by Gasteiger charge is -2.04. The second kappa shape index (κ2) is 5.46. The number of nitrogens with one attached hydrogen (secondary N) is 2. The van der Waals surface area contributed by atoms with Crippen LogP contribution >= 0.6 is 0 Å². The normalized spacial score (nSPS) is 10.3. The minimum Gasteiger partial charge on any atom is -0.365 e. The number of aryl methyl sites for hydroxylation is 1. The molecule has 0 aromatic carbocycles. The summed E-state index contributed by atoms with van der Waals surface area (Å²) in [4.78, 5) is 4.02. The van der Waals surface area contributed by atoms with E-state index >= 15 is 0 Å². The Bertz CT molecular complexity index is 779. The van der Waals surface area contributed by atoms with Crippen LogP contribution < -0.4 is 5.32 Å². The van der Waals surface area contributed by atoms with Gasteiger partial charge in [0.1, 0.15) is 17.5 Å². The minimum absolute atomic E-state index is 0.490. The number of aromatic nitrogens is 5. The summed E-state index contributed by atoms with van der Waals surface area (Å²) in [6, 6.07) is 5.92. The first-order valence-electron chi connectivity index (χ1n) is 6.38. The maximum absolute atomic E-state index is 8.97. The van der Waals surface area contributed by atoms with Crippen LogP contribution in [-0.4, -0.2) is 25.0 Å². The Hall–Kier alpha value is -3.14. The molecule has 104 valence electrons. The van der Waals surface area contributed by atoms with E-state index in [1.54, 1.807) is 17.1 Å². The molecule has 21 heavy (non-hydrogen) atoms. The third-order valence-corrected chi connectivity index (χ3v) is 3.07. The third-order valence-electron chi connectivity index (χ3n) is 3.07. The first kappa shape index (κ1) is 12.9. The molecular weight excluding hydrogens is 266 g/mol. The quantitative estimate of drug-likeness (QED) is 0.757. The molecule has 0 fully saturated rings. The fourth-order valence-corrected chi connectivity index (χ4v) is 2.11. The molecule has 0 unspecified atom stereocenters. The van der Waals surface area contributed by atoms with Crippen molar-refractivity contribution < 1.29 is 0 Å². The highest BCUT2D eigenvalue weighted by Gasteiger charge is 2.11. The van der Waals surface area contributed by atoms with Gasteiger partial charge in [-0.05, 0) is 12.1 Å². The van der Waals surface area contributed by atoms with Crippen molar-refractivity contribution in [3.63, 3.8) is 0 Å². The van der Waals surface area contributed by atoms with Gasteiger partial charge >= 0.3 is 0 Å². The van der Waals surface area contributed by atoms with E-state index in [0.717, 1.165) is 16.8 Å². The average Bonchev–Trinajstić information content (AvgIpc) is 3.11. The first-order chi connectivity index (χ1) is 10.3. The van der Waals surface area contributed by atoms with Crippen LogP contribution in [0.4, 0.5) is 5.82 Å². The van der Waals surface area contributed by atoms with Gasteiger partial charge in [0.2, 0.25) is 0 Å². The predicted molar refractivity (Wildman–Crippen MR) is 77.1 cm³/mol. The molecule has 0 radical (unpaired) electrons. The van der Waals surface area contributed by atoms with E-state index in [-0.39, 0.29) is 0 Å². The Morgan fingerprint density at radius 1 is 1.38 bits per heavy atom. The van der Waals surface area contributed by atoms with E-state index in [9.17, 15) is 0 Å². The van der Waals surface area contributed by atoms with Crippen molar-refractivity contribution in [3.8, 4) is 17.3 Å². The summed E-state index contributed by atoms with van der Waals surface area (Å²) in [6.07, 6.45) is 6.92. The zero-order chi connectivity index (χ0) is 14.7. The van der Waals surface area contributed by atoms with Gasteiger partial charge in [0.05, 0.1) is 11.9 Å².